The molecule has 2 fully saturated rings. The standard InChI is InChI=1S/C13H25N3O2/c1-10(2)15-5-3-11(4-6-15)16-8-12(7-14)18-9-13(16)17/h10-12H,3-9,14H2,1-2H3. The molecule has 1 atom stereocenters. The first-order chi connectivity index (χ1) is 8.61. The predicted octanol–water partition coefficient (Wildman–Crippen LogP) is 0.0453. The fraction of sp³-hybridized carbons (Fsp3) is 0.923. The van der Waals surface area contributed by atoms with Crippen LogP contribution in [0.15, 0.2) is 0 Å². The third-order valence-corrected chi connectivity index (χ3v) is 4.10. The lowest BCUT2D eigenvalue weighted by Crippen LogP contribution is -2.56. The van der Waals surface area contributed by atoms with Crippen LogP contribution < -0.4 is 5.73 Å². The van der Waals surface area contributed by atoms with Gasteiger partial charge >= 0.3 is 0 Å². The summed E-state index contributed by atoms with van der Waals surface area (Å²) < 4.78 is 5.39. The number of carbonyl (C=O) groups excluding carboxylic acids is 1. The number of carbonyl (C=O) groups is 1. The number of hydrogen-bond donors (Lipinski definition) is 1. The lowest BCUT2D eigenvalue weighted by atomic mass is 10.0. The molecule has 18 heavy (non-hydrogen) atoms. The lowest BCUT2D eigenvalue weighted by Gasteiger charge is -2.42. The van der Waals surface area contributed by atoms with Crippen molar-refractivity contribution in [3.63, 3.8) is 0 Å². The van der Waals surface area contributed by atoms with Gasteiger partial charge in [-0.05, 0) is 26.7 Å². The van der Waals surface area contributed by atoms with E-state index < -0.39 is 0 Å². The molecule has 5 heteroatoms. The fourth-order valence-electron chi connectivity index (χ4n) is 2.86. The smallest absolute Gasteiger partial charge is 0.248 e. The summed E-state index contributed by atoms with van der Waals surface area (Å²) in [5.74, 6) is 0.127. The summed E-state index contributed by atoms with van der Waals surface area (Å²) in [6.45, 7) is 7.98. The van der Waals surface area contributed by atoms with Crippen molar-refractivity contribution in [3.05, 3.63) is 0 Å². The van der Waals surface area contributed by atoms with Gasteiger partial charge in [-0.3, -0.25) is 4.79 Å². The van der Waals surface area contributed by atoms with Gasteiger partial charge in [-0.2, -0.15) is 0 Å². The number of ether oxygens (including phenoxy) is 1. The van der Waals surface area contributed by atoms with Crippen LogP contribution in [-0.2, 0) is 9.53 Å². The van der Waals surface area contributed by atoms with Gasteiger partial charge in [-0.1, -0.05) is 0 Å². The maximum absolute atomic E-state index is 11.9. The quantitative estimate of drug-likeness (QED) is 0.774. The van der Waals surface area contributed by atoms with E-state index in [9.17, 15) is 4.79 Å². The Balaban J connectivity index is 1.89. The van der Waals surface area contributed by atoms with Gasteiger partial charge in [0.2, 0.25) is 5.91 Å². The molecule has 0 aliphatic carbocycles. The van der Waals surface area contributed by atoms with Crippen molar-refractivity contribution >= 4 is 5.91 Å². The van der Waals surface area contributed by atoms with E-state index in [1.807, 2.05) is 4.90 Å². The highest BCUT2D eigenvalue weighted by molar-refractivity contribution is 5.78. The molecule has 0 aromatic carbocycles. The van der Waals surface area contributed by atoms with E-state index in [1.54, 1.807) is 0 Å². The Morgan fingerprint density at radius 3 is 2.61 bits per heavy atom. The monoisotopic (exact) mass is 255 g/mol. The SMILES string of the molecule is CC(C)N1CCC(N2CC(CN)OCC2=O)CC1. The highest BCUT2D eigenvalue weighted by Gasteiger charge is 2.33. The topological polar surface area (TPSA) is 58.8 Å². The van der Waals surface area contributed by atoms with Gasteiger partial charge in [0.05, 0.1) is 6.10 Å². The summed E-state index contributed by atoms with van der Waals surface area (Å²) in [4.78, 5) is 16.4. The molecule has 1 amide bonds. The molecule has 2 saturated heterocycles. The molecule has 0 spiro atoms. The highest BCUT2D eigenvalue weighted by Crippen LogP contribution is 2.21. The zero-order chi connectivity index (χ0) is 13.1. The first kappa shape index (κ1) is 13.8. The second kappa shape index (κ2) is 5.99. The van der Waals surface area contributed by atoms with Crippen molar-refractivity contribution in [2.24, 2.45) is 5.73 Å². The molecular weight excluding hydrogens is 230 g/mol. The molecule has 0 aromatic heterocycles. The summed E-state index contributed by atoms with van der Waals surface area (Å²) in [6, 6.07) is 0.980. The van der Waals surface area contributed by atoms with Crippen molar-refractivity contribution in [2.75, 3.05) is 32.8 Å². The van der Waals surface area contributed by atoms with Crippen LogP contribution in [0, 0.1) is 0 Å². The van der Waals surface area contributed by atoms with Crippen molar-refractivity contribution < 1.29 is 9.53 Å². The first-order valence-electron chi connectivity index (χ1n) is 6.97. The Morgan fingerprint density at radius 1 is 1.39 bits per heavy atom. The zero-order valence-corrected chi connectivity index (χ0v) is 11.5. The van der Waals surface area contributed by atoms with E-state index in [0.29, 0.717) is 25.2 Å². The summed E-state index contributed by atoms with van der Waals surface area (Å²) >= 11 is 0. The van der Waals surface area contributed by atoms with E-state index in [2.05, 4.69) is 18.7 Å². The van der Waals surface area contributed by atoms with Gasteiger partial charge in [0.25, 0.3) is 0 Å². The minimum absolute atomic E-state index is 0.0193. The van der Waals surface area contributed by atoms with E-state index in [0.717, 1.165) is 25.9 Å². The predicted molar refractivity (Wildman–Crippen MR) is 70.2 cm³/mol. The average molecular weight is 255 g/mol. The van der Waals surface area contributed by atoms with E-state index in [-0.39, 0.29) is 18.6 Å². The van der Waals surface area contributed by atoms with Gasteiger partial charge in [-0.25, -0.2) is 0 Å². The third kappa shape index (κ3) is 3.02. The normalized spacial score (nSPS) is 28.1. The minimum Gasteiger partial charge on any atom is -0.365 e. The number of amides is 1. The molecule has 2 rings (SSSR count). The van der Waals surface area contributed by atoms with Crippen LogP contribution in [0.25, 0.3) is 0 Å². The molecule has 2 heterocycles. The van der Waals surface area contributed by atoms with Gasteiger partial charge in [0.1, 0.15) is 6.61 Å². The fourth-order valence-corrected chi connectivity index (χ4v) is 2.86. The van der Waals surface area contributed by atoms with Gasteiger partial charge < -0.3 is 20.3 Å². The second-order valence-corrected chi connectivity index (χ2v) is 5.58. The molecule has 0 aromatic rings. The number of rotatable bonds is 3. The summed E-state index contributed by atoms with van der Waals surface area (Å²) in [6.07, 6.45) is 2.16. The summed E-state index contributed by atoms with van der Waals surface area (Å²) in [5.41, 5.74) is 5.63. The van der Waals surface area contributed by atoms with E-state index in [1.165, 1.54) is 0 Å². The van der Waals surface area contributed by atoms with Crippen LogP contribution in [-0.4, -0.2) is 66.7 Å². The van der Waals surface area contributed by atoms with Crippen LogP contribution in [0.5, 0.6) is 0 Å². The number of likely N-dealkylation sites (tertiary alicyclic amines) is 1. The summed E-state index contributed by atoms with van der Waals surface area (Å²) in [5, 5.41) is 0. The zero-order valence-electron chi connectivity index (χ0n) is 11.5. The molecule has 2 aliphatic heterocycles. The second-order valence-electron chi connectivity index (χ2n) is 5.58. The van der Waals surface area contributed by atoms with Crippen LogP contribution in [0.3, 0.4) is 0 Å². The number of hydrogen-bond acceptors (Lipinski definition) is 4. The Hall–Kier alpha value is -0.650. The van der Waals surface area contributed by atoms with Gasteiger partial charge in [-0.15, -0.1) is 0 Å². The number of morpholine rings is 1. The van der Waals surface area contributed by atoms with Crippen molar-refractivity contribution in [1.82, 2.24) is 9.80 Å². The minimum atomic E-state index is 0.0193. The van der Waals surface area contributed by atoms with Crippen molar-refractivity contribution in [3.8, 4) is 0 Å². The Labute approximate surface area is 109 Å². The van der Waals surface area contributed by atoms with E-state index >= 15 is 0 Å². The molecule has 0 radical (unpaired) electrons. The number of nitrogens with zero attached hydrogens (tertiary/aromatic N) is 2. The third-order valence-electron chi connectivity index (χ3n) is 4.10. The molecule has 104 valence electrons. The molecule has 0 saturated carbocycles. The molecule has 0 bridgehead atoms. The summed E-state index contributed by atoms with van der Waals surface area (Å²) in [7, 11) is 0. The lowest BCUT2D eigenvalue weighted by molar-refractivity contribution is -0.153. The van der Waals surface area contributed by atoms with Crippen molar-refractivity contribution in [2.45, 2.75) is 44.9 Å². The molecule has 1 unspecified atom stereocenters. The van der Waals surface area contributed by atoms with Gasteiger partial charge in [0, 0.05) is 38.3 Å². The number of nitrogens with two attached hydrogens (primary N) is 1. The maximum Gasteiger partial charge on any atom is 0.248 e. The van der Waals surface area contributed by atoms with Crippen LogP contribution >= 0.6 is 0 Å². The average Bonchev–Trinajstić information content (AvgIpc) is 2.39. The number of piperidine rings is 1. The molecule has 2 aliphatic rings. The van der Waals surface area contributed by atoms with E-state index in [4.69, 9.17) is 10.5 Å². The molecule has 5 nitrogen and oxygen atoms in total. The molecule has 2 N–H and O–H groups in total. The maximum atomic E-state index is 11.9. The Kier molecular flexibility index (Phi) is 4.59. The van der Waals surface area contributed by atoms with Crippen LogP contribution in [0.4, 0.5) is 0 Å². The highest BCUT2D eigenvalue weighted by atomic mass is 16.5. The van der Waals surface area contributed by atoms with Crippen molar-refractivity contribution in [1.29, 1.82) is 0 Å². The van der Waals surface area contributed by atoms with Gasteiger partial charge in [0.15, 0.2) is 0 Å². The molecular formula is C13H25N3O2. The largest absolute Gasteiger partial charge is 0.365 e. The Morgan fingerprint density at radius 2 is 2.06 bits per heavy atom. The van der Waals surface area contributed by atoms with Crippen LogP contribution in [0.1, 0.15) is 26.7 Å². The van der Waals surface area contributed by atoms with Crippen LogP contribution in [0.2, 0.25) is 0 Å². The first-order valence-corrected chi connectivity index (χ1v) is 6.97. The Bertz CT molecular complexity index is 288.